The van der Waals surface area contributed by atoms with Gasteiger partial charge >= 0.3 is 0 Å². The Balaban J connectivity index is 2.28. The zero-order chi connectivity index (χ0) is 11.3. The van der Waals surface area contributed by atoms with Crippen molar-refractivity contribution in [3.63, 3.8) is 0 Å². The van der Waals surface area contributed by atoms with Crippen LogP contribution in [0.1, 0.15) is 24.0 Å². The standard InChI is InChI=1S/C11H12F3N/c1-7-4-8(2-3-9(7)12)10(15)5-11(13,14)6-10/h2-4H,5-6,15H2,1H3. The van der Waals surface area contributed by atoms with Gasteiger partial charge in [-0.1, -0.05) is 12.1 Å². The fourth-order valence-electron chi connectivity index (χ4n) is 2.03. The van der Waals surface area contributed by atoms with Gasteiger partial charge in [-0.15, -0.1) is 0 Å². The first-order chi connectivity index (χ1) is 6.82. The zero-order valence-corrected chi connectivity index (χ0v) is 8.36. The van der Waals surface area contributed by atoms with Crippen LogP contribution in [0.5, 0.6) is 0 Å². The van der Waals surface area contributed by atoms with E-state index in [1.807, 2.05) is 0 Å². The fourth-order valence-corrected chi connectivity index (χ4v) is 2.03. The van der Waals surface area contributed by atoms with Crippen LogP contribution in [0.3, 0.4) is 0 Å². The van der Waals surface area contributed by atoms with Crippen molar-refractivity contribution in [3.8, 4) is 0 Å². The molecule has 4 heteroatoms. The van der Waals surface area contributed by atoms with E-state index in [-0.39, 0.29) is 18.7 Å². The molecule has 0 radical (unpaired) electrons. The Hall–Kier alpha value is -1.03. The van der Waals surface area contributed by atoms with E-state index >= 15 is 0 Å². The fraction of sp³-hybridized carbons (Fsp3) is 0.455. The van der Waals surface area contributed by atoms with Crippen LogP contribution in [0.15, 0.2) is 18.2 Å². The zero-order valence-electron chi connectivity index (χ0n) is 8.36. The van der Waals surface area contributed by atoms with E-state index in [9.17, 15) is 13.2 Å². The summed E-state index contributed by atoms with van der Waals surface area (Å²) in [5.41, 5.74) is 5.86. The number of halogens is 3. The van der Waals surface area contributed by atoms with Gasteiger partial charge in [-0.25, -0.2) is 13.2 Å². The number of hydrogen-bond acceptors (Lipinski definition) is 1. The molecule has 2 N–H and O–H groups in total. The Bertz CT molecular complexity index is 393. The summed E-state index contributed by atoms with van der Waals surface area (Å²) in [6.45, 7) is 1.60. The van der Waals surface area contributed by atoms with Gasteiger partial charge in [-0.3, -0.25) is 0 Å². The summed E-state index contributed by atoms with van der Waals surface area (Å²) in [4.78, 5) is 0. The van der Waals surface area contributed by atoms with Crippen LogP contribution in [-0.4, -0.2) is 5.92 Å². The van der Waals surface area contributed by atoms with Crippen LogP contribution < -0.4 is 5.73 Å². The largest absolute Gasteiger partial charge is 0.321 e. The Morgan fingerprint density at radius 1 is 1.27 bits per heavy atom. The first-order valence-electron chi connectivity index (χ1n) is 4.76. The van der Waals surface area contributed by atoms with Gasteiger partial charge in [-0.05, 0) is 24.1 Å². The lowest BCUT2D eigenvalue weighted by Gasteiger charge is -2.45. The second kappa shape index (κ2) is 2.98. The van der Waals surface area contributed by atoms with Crippen LogP contribution in [0.2, 0.25) is 0 Å². The monoisotopic (exact) mass is 215 g/mol. The molecule has 0 bridgehead atoms. The number of aryl methyl sites for hydroxylation is 1. The van der Waals surface area contributed by atoms with E-state index < -0.39 is 11.5 Å². The van der Waals surface area contributed by atoms with Crippen molar-refractivity contribution in [2.24, 2.45) is 5.73 Å². The molecule has 0 aromatic heterocycles. The highest BCUT2D eigenvalue weighted by atomic mass is 19.3. The summed E-state index contributed by atoms with van der Waals surface area (Å²) in [5, 5.41) is 0. The van der Waals surface area contributed by atoms with Gasteiger partial charge in [0.15, 0.2) is 0 Å². The number of alkyl halides is 2. The summed E-state index contributed by atoms with van der Waals surface area (Å²) in [5.74, 6) is -3.01. The Labute approximate surface area is 86.1 Å². The first kappa shape index (κ1) is 10.5. The number of hydrogen-bond donors (Lipinski definition) is 1. The van der Waals surface area contributed by atoms with Gasteiger partial charge in [0.25, 0.3) is 5.92 Å². The molecule has 0 heterocycles. The van der Waals surface area contributed by atoms with Crippen molar-refractivity contribution >= 4 is 0 Å². The van der Waals surface area contributed by atoms with Crippen molar-refractivity contribution in [3.05, 3.63) is 35.1 Å². The number of benzene rings is 1. The minimum Gasteiger partial charge on any atom is -0.321 e. The van der Waals surface area contributed by atoms with E-state index in [2.05, 4.69) is 0 Å². The van der Waals surface area contributed by atoms with Crippen molar-refractivity contribution < 1.29 is 13.2 Å². The lowest BCUT2D eigenvalue weighted by molar-refractivity contribution is -0.125. The summed E-state index contributed by atoms with van der Waals surface area (Å²) in [6, 6.07) is 4.30. The Morgan fingerprint density at radius 3 is 2.33 bits per heavy atom. The second-order valence-corrected chi connectivity index (χ2v) is 4.33. The van der Waals surface area contributed by atoms with Crippen LogP contribution >= 0.6 is 0 Å². The van der Waals surface area contributed by atoms with Gasteiger partial charge in [0.2, 0.25) is 0 Å². The van der Waals surface area contributed by atoms with E-state index in [1.54, 1.807) is 13.0 Å². The molecule has 0 saturated heterocycles. The molecular weight excluding hydrogens is 203 g/mol. The van der Waals surface area contributed by atoms with Gasteiger partial charge in [0, 0.05) is 12.8 Å². The minimum atomic E-state index is -2.67. The van der Waals surface area contributed by atoms with Crippen LogP contribution in [-0.2, 0) is 5.54 Å². The van der Waals surface area contributed by atoms with Crippen molar-refractivity contribution in [1.29, 1.82) is 0 Å². The summed E-state index contributed by atoms with van der Waals surface area (Å²) in [6.07, 6.45) is -0.712. The molecule has 1 fully saturated rings. The first-order valence-corrected chi connectivity index (χ1v) is 4.76. The molecule has 82 valence electrons. The third kappa shape index (κ3) is 1.74. The van der Waals surface area contributed by atoms with Gasteiger partial charge < -0.3 is 5.73 Å². The highest BCUT2D eigenvalue weighted by Gasteiger charge is 2.55. The molecule has 2 rings (SSSR count). The SMILES string of the molecule is Cc1cc(C2(N)CC(F)(F)C2)ccc1F. The molecule has 0 aliphatic heterocycles. The number of rotatable bonds is 1. The normalized spacial score (nSPS) is 22.2. The molecule has 0 unspecified atom stereocenters. The molecule has 15 heavy (non-hydrogen) atoms. The van der Waals surface area contributed by atoms with Crippen molar-refractivity contribution in [1.82, 2.24) is 0 Å². The summed E-state index contributed by atoms with van der Waals surface area (Å²) >= 11 is 0. The van der Waals surface area contributed by atoms with E-state index in [1.165, 1.54) is 12.1 Å². The summed E-state index contributed by atoms with van der Waals surface area (Å²) < 4.78 is 38.5. The molecule has 1 aromatic carbocycles. The molecular formula is C11H12F3N. The predicted octanol–water partition coefficient (Wildman–Crippen LogP) is 2.72. The van der Waals surface area contributed by atoms with E-state index in [4.69, 9.17) is 5.73 Å². The molecule has 0 atom stereocenters. The molecule has 0 amide bonds. The smallest absolute Gasteiger partial charge is 0.252 e. The quantitative estimate of drug-likeness (QED) is 0.765. The lowest BCUT2D eigenvalue weighted by Crippen LogP contribution is -2.55. The molecule has 1 saturated carbocycles. The minimum absolute atomic E-state index is 0.339. The van der Waals surface area contributed by atoms with Gasteiger partial charge in [-0.2, -0.15) is 0 Å². The highest BCUT2D eigenvalue weighted by Crippen LogP contribution is 2.49. The van der Waals surface area contributed by atoms with E-state index in [0.29, 0.717) is 11.1 Å². The average Bonchev–Trinajstić information content (AvgIpc) is 2.06. The predicted molar refractivity (Wildman–Crippen MR) is 51.2 cm³/mol. The molecule has 0 spiro atoms. The maximum absolute atomic E-state index is 13.0. The Kier molecular flexibility index (Phi) is 2.08. The number of nitrogens with two attached hydrogens (primary N) is 1. The maximum Gasteiger partial charge on any atom is 0.252 e. The second-order valence-electron chi connectivity index (χ2n) is 4.33. The molecule has 1 aromatic rings. The van der Waals surface area contributed by atoms with Gasteiger partial charge in [0.05, 0.1) is 5.54 Å². The van der Waals surface area contributed by atoms with Gasteiger partial charge in [0.1, 0.15) is 5.82 Å². The van der Waals surface area contributed by atoms with Crippen LogP contribution in [0.4, 0.5) is 13.2 Å². The molecule has 1 aliphatic carbocycles. The summed E-state index contributed by atoms with van der Waals surface area (Å²) in [7, 11) is 0. The van der Waals surface area contributed by atoms with E-state index in [0.717, 1.165) is 0 Å². The highest BCUT2D eigenvalue weighted by molar-refractivity contribution is 5.33. The molecule has 1 aliphatic rings. The third-order valence-electron chi connectivity index (χ3n) is 2.88. The third-order valence-corrected chi connectivity index (χ3v) is 2.88. The van der Waals surface area contributed by atoms with Crippen molar-refractivity contribution in [2.45, 2.75) is 31.2 Å². The van der Waals surface area contributed by atoms with Crippen LogP contribution in [0, 0.1) is 12.7 Å². The average molecular weight is 215 g/mol. The lowest BCUT2D eigenvalue weighted by atomic mass is 9.69. The Morgan fingerprint density at radius 2 is 1.87 bits per heavy atom. The topological polar surface area (TPSA) is 26.0 Å². The molecule has 1 nitrogen and oxygen atoms in total. The van der Waals surface area contributed by atoms with Crippen molar-refractivity contribution in [2.75, 3.05) is 0 Å². The van der Waals surface area contributed by atoms with Crippen LogP contribution in [0.25, 0.3) is 0 Å². The maximum atomic E-state index is 13.0.